The van der Waals surface area contributed by atoms with E-state index in [0.717, 1.165) is 32.8 Å². The maximum Gasteiger partial charge on any atom is 0.195 e. The summed E-state index contributed by atoms with van der Waals surface area (Å²) in [5, 5.41) is 1.90. The van der Waals surface area contributed by atoms with Gasteiger partial charge in [-0.25, -0.2) is 0 Å². The van der Waals surface area contributed by atoms with Crippen LogP contribution in [0.25, 0.3) is 6.08 Å². The third kappa shape index (κ3) is 6.21. The average molecular weight is 487 g/mol. The second-order valence-electron chi connectivity index (χ2n) is 6.34. The fourth-order valence-electron chi connectivity index (χ4n) is 2.76. The summed E-state index contributed by atoms with van der Waals surface area (Å²) in [5.74, 6) is 2.17. The van der Waals surface area contributed by atoms with Gasteiger partial charge in [-0.2, -0.15) is 0 Å². The van der Waals surface area contributed by atoms with E-state index in [1.165, 1.54) is 11.3 Å². The molecule has 6 heteroatoms. The molecule has 0 aliphatic carbocycles. The van der Waals surface area contributed by atoms with Gasteiger partial charge in [-0.1, -0.05) is 24.3 Å². The fraction of sp³-hybridized carbons (Fsp3) is 0.208. The number of ether oxygens (including phenoxy) is 3. The van der Waals surface area contributed by atoms with Gasteiger partial charge in [0.05, 0.1) is 18.1 Å². The molecule has 0 spiro atoms. The number of ketones is 1. The summed E-state index contributed by atoms with van der Waals surface area (Å²) < 4.78 is 18.1. The van der Waals surface area contributed by atoms with E-state index in [0.29, 0.717) is 24.7 Å². The topological polar surface area (TPSA) is 44.8 Å². The lowest BCUT2D eigenvalue weighted by molar-refractivity contribution is 0.105. The molecule has 156 valence electrons. The number of carbonyl (C=O) groups is 1. The Bertz CT molecular complexity index is 1030. The number of halogens is 1. The Hall–Kier alpha value is -2.57. The molecule has 0 aliphatic heterocycles. The van der Waals surface area contributed by atoms with E-state index in [-0.39, 0.29) is 5.78 Å². The maximum absolute atomic E-state index is 12.2. The number of thiophene rings is 1. The van der Waals surface area contributed by atoms with E-state index in [2.05, 4.69) is 15.9 Å². The van der Waals surface area contributed by atoms with E-state index in [9.17, 15) is 4.79 Å². The van der Waals surface area contributed by atoms with Crippen molar-refractivity contribution < 1.29 is 19.0 Å². The van der Waals surface area contributed by atoms with Crippen molar-refractivity contribution in [2.75, 3.05) is 13.2 Å². The molecule has 1 aromatic heterocycles. The Balaban J connectivity index is 1.64. The van der Waals surface area contributed by atoms with Crippen LogP contribution in [-0.4, -0.2) is 19.0 Å². The highest BCUT2D eigenvalue weighted by atomic mass is 79.9. The Morgan fingerprint density at radius 3 is 2.53 bits per heavy atom. The van der Waals surface area contributed by atoms with Gasteiger partial charge in [-0.05, 0) is 77.3 Å². The largest absolute Gasteiger partial charge is 0.490 e. The van der Waals surface area contributed by atoms with Crippen LogP contribution in [0.4, 0.5) is 0 Å². The molecule has 0 aliphatic rings. The highest BCUT2D eigenvalue weighted by molar-refractivity contribution is 9.10. The monoisotopic (exact) mass is 486 g/mol. The van der Waals surface area contributed by atoms with E-state index < -0.39 is 0 Å². The van der Waals surface area contributed by atoms with Crippen molar-refractivity contribution in [1.82, 2.24) is 0 Å². The minimum atomic E-state index is -0.0186. The van der Waals surface area contributed by atoms with Crippen LogP contribution < -0.4 is 14.2 Å². The van der Waals surface area contributed by atoms with E-state index in [1.807, 2.05) is 67.8 Å². The first-order valence-corrected chi connectivity index (χ1v) is 11.3. The van der Waals surface area contributed by atoms with Gasteiger partial charge >= 0.3 is 0 Å². The molecule has 1 heterocycles. The smallest absolute Gasteiger partial charge is 0.195 e. The highest BCUT2D eigenvalue weighted by Gasteiger charge is 2.07. The minimum Gasteiger partial charge on any atom is -0.490 e. The molecule has 3 aromatic rings. The maximum atomic E-state index is 12.2. The first-order chi connectivity index (χ1) is 14.6. The Morgan fingerprint density at radius 1 is 1.00 bits per heavy atom. The zero-order chi connectivity index (χ0) is 21.3. The third-order valence-electron chi connectivity index (χ3n) is 4.11. The normalized spacial score (nSPS) is 10.9. The molecule has 0 N–H and O–H groups in total. The van der Waals surface area contributed by atoms with Gasteiger partial charge in [0, 0.05) is 9.85 Å². The predicted octanol–water partition coefficient (Wildman–Crippen LogP) is 6.78. The summed E-state index contributed by atoms with van der Waals surface area (Å²) in [6, 6.07) is 15.3. The fourth-order valence-corrected chi connectivity index (χ4v) is 4.10. The molecule has 0 atom stereocenters. The molecular formula is C24H23BrO4S. The van der Waals surface area contributed by atoms with Crippen LogP contribution in [0.5, 0.6) is 17.2 Å². The van der Waals surface area contributed by atoms with E-state index in [1.54, 1.807) is 12.2 Å². The number of hydrogen-bond acceptors (Lipinski definition) is 5. The molecule has 0 amide bonds. The Labute approximate surface area is 189 Å². The number of carbonyl (C=O) groups excluding carboxylic acids is 1. The molecule has 0 unspecified atom stereocenters. The summed E-state index contributed by atoms with van der Waals surface area (Å²) in [6.07, 6.45) is 3.38. The zero-order valence-electron chi connectivity index (χ0n) is 16.9. The van der Waals surface area contributed by atoms with Gasteiger partial charge in [0.2, 0.25) is 0 Å². The zero-order valence-corrected chi connectivity index (χ0v) is 19.3. The third-order valence-corrected chi connectivity index (χ3v) is 5.81. The SMILES string of the molecule is CCOc1ccc(COc2cccc(/C=C/C(=O)c3cc(Br)cs3)c2)cc1OCC. The molecule has 30 heavy (non-hydrogen) atoms. The van der Waals surface area contributed by atoms with Crippen LogP contribution in [0.2, 0.25) is 0 Å². The summed E-state index contributed by atoms with van der Waals surface area (Å²) >= 11 is 4.79. The quantitative estimate of drug-likeness (QED) is 0.234. The first kappa shape index (κ1) is 22.1. The summed E-state index contributed by atoms with van der Waals surface area (Å²) in [6.45, 7) is 5.45. The van der Waals surface area contributed by atoms with E-state index in [4.69, 9.17) is 14.2 Å². The van der Waals surface area contributed by atoms with Crippen LogP contribution in [0.3, 0.4) is 0 Å². The lowest BCUT2D eigenvalue weighted by atomic mass is 10.1. The lowest BCUT2D eigenvalue weighted by Gasteiger charge is -2.13. The number of hydrogen-bond donors (Lipinski definition) is 0. The molecule has 3 rings (SSSR count). The van der Waals surface area contributed by atoms with Gasteiger partial charge in [-0.3, -0.25) is 4.79 Å². The van der Waals surface area contributed by atoms with Crippen molar-refractivity contribution in [2.45, 2.75) is 20.5 Å². The van der Waals surface area contributed by atoms with Gasteiger partial charge in [0.25, 0.3) is 0 Å². The Morgan fingerprint density at radius 2 is 1.80 bits per heavy atom. The molecule has 0 radical (unpaired) electrons. The van der Waals surface area contributed by atoms with Crippen LogP contribution in [0, 0.1) is 0 Å². The van der Waals surface area contributed by atoms with Crippen molar-refractivity contribution in [3.8, 4) is 17.2 Å². The van der Waals surface area contributed by atoms with E-state index >= 15 is 0 Å². The van der Waals surface area contributed by atoms with Crippen LogP contribution in [0.1, 0.15) is 34.6 Å². The summed E-state index contributed by atoms with van der Waals surface area (Å²) in [5.41, 5.74) is 1.89. The van der Waals surface area contributed by atoms with Crippen molar-refractivity contribution in [1.29, 1.82) is 0 Å². The minimum absolute atomic E-state index is 0.0186. The van der Waals surface area contributed by atoms with Gasteiger partial charge in [0.15, 0.2) is 17.3 Å². The molecule has 0 fully saturated rings. The molecule has 0 saturated heterocycles. The molecule has 2 aromatic carbocycles. The van der Waals surface area contributed by atoms with Gasteiger partial charge in [0.1, 0.15) is 12.4 Å². The molecule has 4 nitrogen and oxygen atoms in total. The van der Waals surface area contributed by atoms with Crippen molar-refractivity contribution in [3.63, 3.8) is 0 Å². The first-order valence-electron chi connectivity index (χ1n) is 9.67. The van der Waals surface area contributed by atoms with Crippen LogP contribution >= 0.6 is 27.3 Å². The number of rotatable bonds is 10. The summed E-state index contributed by atoms with van der Waals surface area (Å²) in [4.78, 5) is 12.9. The van der Waals surface area contributed by atoms with Gasteiger partial charge < -0.3 is 14.2 Å². The number of benzene rings is 2. The lowest BCUT2D eigenvalue weighted by Crippen LogP contribution is -2.01. The van der Waals surface area contributed by atoms with Crippen LogP contribution in [0.15, 0.2) is 64.5 Å². The van der Waals surface area contributed by atoms with Crippen molar-refractivity contribution in [2.24, 2.45) is 0 Å². The molecule has 0 saturated carbocycles. The summed E-state index contributed by atoms with van der Waals surface area (Å²) in [7, 11) is 0. The second kappa shape index (κ2) is 11.0. The number of allylic oxidation sites excluding steroid dienone is 1. The Kier molecular flexibility index (Phi) is 8.11. The second-order valence-corrected chi connectivity index (χ2v) is 8.16. The van der Waals surface area contributed by atoms with Gasteiger partial charge in [-0.15, -0.1) is 11.3 Å². The van der Waals surface area contributed by atoms with Crippen LogP contribution in [-0.2, 0) is 6.61 Å². The average Bonchev–Trinajstić information content (AvgIpc) is 3.19. The predicted molar refractivity (Wildman–Crippen MR) is 125 cm³/mol. The standard InChI is InChI=1S/C24H23BrO4S/c1-3-27-22-11-9-18(13-23(22)28-4-2)15-29-20-7-5-6-17(12-20)8-10-21(26)24-14-19(25)16-30-24/h5-14,16H,3-4,15H2,1-2H3/b10-8+. The molecular weight excluding hydrogens is 464 g/mol. The van der Waals surface area contributed by atoms with Crippen molar-refractivity contribution >= 4 is 39.1 Å². The molecule has 0 bridgehead atoms. The van der Waals surface area contributed by atoms with Crippen molar-refractivity contribution in [3.05, 3.63) is 80.5 Å². The highest BCUT2D eigenvalue weighted by Crippen LogP contribution is 2.29.